The fourth-order valence-corrected chi connectivity index (χ4v) is 0.352. The van der Waals surface area contributed by atoms with Gasteiger partial charge in [0.25, 0.3) is 0 Å². The minimum atomic E-state index is 0.127. The zero-order valence-corrected chi connectivity index (χ0v) is 9.16. The summed E-state index contributed by atoms with van der Waals surface area (Å²) in [4.78, 5) is 10.3. The van der Waals surface area contributed by atoms with Crippen LogP contribution in [0.3, 0.4) is 0 Å². The summed E-state index contributed by atoms with van der Waals surface area (Å²) in [5.74, 6) is 0.127. The molecule has 0 rings (SSSR count). The molecule has 0 saturated heterocycles. The van der Waals surface area contributed by atoms with Gasteiger partial charge in [-0.25, -0.2) is 0 Å². The van der Waals surface area contributed by atoms with Crippen molar-refractivity contribution in [1.82, 2.24) is 5.32 Å². The first-order valence-electron chi connectivity index (χ1n) is 3.96. The molecule has 3 heteroatoms. The van der Waals surface area contributed by atoms with Gasteiger partial charge in [0.2, 0.25) is 5.91 Å². The fraction of sp³-hybridized carbons (Fsp3) is 0.875. The Morgan fingerprint density at radius 2 is 1.73 bits per heavy atom. The molecule has 2 nitrogen and oxygen atoms in total. The molecule has 0 aromatic carbocycles. The number of nitrogens with one attached hydrogen (secondary N) is 1. The molecule has 0 heterocycles. The van der Waals surface area contributed by atoms with Gasteiger partial charge in [-0.05, 0) is 12.7 Å². The third kappa shape index (κ3) is 25.8. The number of carbonyl (C=O) groups is 1. The Hall–Kier alpha value is -0.180. The van der Waals surface area contributed by atoms with Crippen LogP contribution < -0.4 is 5.32 Å². The third-order valence-electron chi connectivity index (χ3n) is 0.756. The summed E-state index contributed by atoms with van der Waals surface area (Å²) in [5, 5.41) is 2.53. The highest BCUT2D eigenvalue weighted by Crippen LogP contribution is 1.82. The molecule has 11 heavy (non-hydrogen) atoms. The van der Waals surface area contributed by atoms with Crippen LogP contribution in [-0.2, 0) is 4.79 Å². The van der Waals surface area contributed by atoms with E-state index in [9.17, 15) is 4.79 Å². The Labute approximate surface area is 76.2 Å². The molecular formula is C8H21NOS. The summed E-state index contributed by atoms with van der Waals surface area (Å²) in [7, 11) is 1.65. The first-order valence-corrected chi connectivity index (χ1v) is 4.86. The van der Waals surface area contributed by atoms with E-state index in [1.165, 1.54) is 0 Å². The van der Waals surface area contributed by atoms with Crippen LogP contribution in [0.15, 0.2) is 0 Å². The number of hydrogen-bond donors (Lipinski definition) is 2. The second kappa shape index (κ2) is 22.6. The molecule has 1 N–H and O–H groups in total. The standard InChI is InChI=1S/C5H11NO.C2H6.CH4S/c1-3-4-5(7)6-2;2*1-2/h3-4H2,1-2H3,(H,6,7);1-2H3;2H,1H3. The van der Waals surface area contributed by atoms with E-state index in [-0.39, 0.29) is 5.91 Å². The van der Waals surface area contributed by atoms with Gasteiger partial charge < -0.3 is 5.32 Å². The third-order valence-corrected chi connectivity index (χ3v) is 0.756. The van der Waals surface area contributed by atoms with Crippen molar-refractivity contribution in [2.75, 3.05) is 13.3 Å². The van der Waals surface area contributed by atoms with Crippen molar-refractivity contribution in [2.45, 2.75) is 33.6 Å². The van der Waals surface area contributed by atoms with Crippen molar-refractivity contribution in [1.29, 1.82) is 0 Å². The molecule has 0 spiro atoms. The van der Waals surface area contributed by atoms with Crippen molar-refractivity contribution in [3.05, 3.63) is 0 Å². The normalized spacial score (nSPS) is 6.36. The Morgan fingerprint density at radius 1 is 1.36 bits per heavy atom. The molecule has 70 valence electrons. The van der Waals surface area contributed by atoms with E-state index >= 15 is 0 Å². The molecule has 0 aromatic rings. The van der Waals surface area contributed by atoms with Gasteiger partial charge in [0.1, 0.15) is 0 Å². The van der Waals surface area contributed by atoms with Gasteiger partial charge in [-0.15, -0.1) is 0 Å². The highest BCUT2D eigenvalue weighted by atomic mass is 32.1. The molecule has 0 aliphatic carbocycles. The zero-order chi connectivity index (χ0) is 9.70. The minimum Gasteiger partial charge on any atom is -0.359 e. The Balaban J connectivity index is -0.000000138. The van der Waals surface area contributed by atoms with E-state index in [1.807, 2.05) is 20.8 Å². The van der Waals surface area contributed by atoms with Crippen LogP contribution in [0.5, 0.6) is 0 Å². The highest BCUT2D eigenvalue weighted by molar-refractivity contribution is 7.79. The van der Waals surface area contributed by atoms with E-state index in [4.69, 9.17) is 0 Å². The second-order valence-electron chi connectivity index (χ2n) is 1.42. The first-order chi connectivity index (χ1) is 5.31. The lowest BCUT2D eigenvalue weighted by Crippen LogP contribution is -2.16. The average Bonchev–Trinajstić information content (AvgIpc) is 2.12. The summed E-state index contributed by atoms with van der Waals surface area (Å²) < 4.78 is 0. The SMILES string of the molecule is CC.CCCC(=O)NC.CS. The molecule has 0 saturated carbocycles. The van der Waals surface area contributed by atoms with Crippen molar-refractivity contribution in [3.63, 3.8) is 0 Å². The molecule has 1 amide bonds. The van der Waals surface area contributed by atoms with Gasteiger partial charge in [-0.2, -0.15) is 12.6 Å². The summed E-state index contributed by atoms with van der Waals surface area (Å²) in [6, 6.07) is 0. The number of carbonyl (C=O) groups excluding carboxylic acids is 1. The van der Waals surface area contributed by atoms with Crippen molar-refractivity contribution < 1.29 is 4.79 Å². The zero-order valence-electron chi connectivity index (χ0n) is 8.27. The predicted octanol–water partition coefficient (Wildman–Crippen LogP) is 2.10. The monoisotopic (exact) mass is 179 g/mol. The van der Waals surface area contributed by atoms with E-state index < -0.39 is 0 Å². The average molecular weight is 179 g/mol. The van der Waals surface area contributed by atoms with Crippen LogP contribution in [0.4, 0.5) is 0 Å². The van der Waals surface area contributed by atoms with E-state index in [0.29, 0.717) is 6.42 Å². The minimum absolute atomic E-state index is 0.127. The summed E-state index contributed by atoms with van der Waals surface area (Å²) >= 11 is 3.53. The van der Waals surface area contributed by atoms with Crippen molar-refractivity contribution >= 4 is 18.5 Å². The van der Waals surface area contributed by atoms with Gasteiger partial charge in [-0.3, -0.25) is 4.79 Å². The molecule has 0 fully saturated rings. The fourth-order valence-electron chi connectivity index (χ4n) is 0.352. The molecule has 0 atom stereocenters. The summed E-state index contributed by atoms with van der Waals surface area (Å²) in [6.45, 7) is 5.98. The summed E-state index contributed by atoms with van der Waals surface area (Å²) in [5.41, 5.74) is 0. The van der Waals surface area contributed by atoms with Crippen molar-refractivity contribution in [3.8, 4) is 0 Å². The molecule has 0 unspecified atom stereocenters. The van der Waals surface area contributed by atoms with Gasteiger partial charge >= 0.3 is 0 Å². The second-order valence-corrected chi connectivity index (χ2v) is 1.42. The predicted molar refractivity (Wildman–Crippen MR) is 55.2 cm³/mol. The number of hydrogen-bond acceptors (Lipinski definition) is 2. The van der Waals surface area contributed by atoms with Gasteiger partial charge in [0.15, 0.2) is 0 Å². The van der Waals surface area contributed by atoms with E-state index in [2.05, 4.69) is 17.9 Å². The van der Waals surface area contributed by atoms with E-state index in [1.54, 1.807) is 13.3 Å². The van der Waals surface area contributed by atoms with Crippen LogP contribution >= 0.6 is 12.6 Å². The molecule has 0 radical (unpaired) electrons. The number of amides is 1. The maximum Gasteiger partial charge on any atom is 0.219 e. The maximum absolute atomic E-state index is 10.3. The smallest absolute Gasteiger partial charge is 0.219 e. The lowest BCUT2D eigenvalue weighted by molar-refractivity contribution is -0.120. The van der Waals surface area contributed by atoms with Crippen LogP contribution in [0.25, 0.3) is 0 Å². The number of thiol groups is 1. The van der Waals surface area contributed by atoms with Crippen molar-refractivity contribution in [2.24, 2.45) is 0 Å². The van der Waals surface area contributed by atoms with Crippen LogP contribution in [0.2, 0.25) is 0 Å². The quantitative estimate of drug-likeness (QED) is 0.625. The van der Waals surface area contributed by atoms with Crippen LogP contribution in [0.1, 0.15) is 33.6 Å². The Bertz CT molecular complexity index is 67.1. The topological polar surface area (TPSA) is 29.1 Å². The van der Waals surface area contributed by atoms with Crippen LogP contribution in [-0.4, -0.2) is 19.2 Å². The maximum atomic E-state index is 10.3. The van der Waals surface area contributed by atoms with Crippen LogP contribution in [0, 0.1) is 0 Å². The van der Waals surface area contributed by atoms with Gasteiger partial charge in [0.05, 0.1) is 0 Å². The summed E-state index contributed by atoms with van der Waals surface area (Å²) in [6.07, 6.45) is 3.27. The Kier molecular flexibility index (Phi) is 35.0. The molecule has 0 aromatic heterocycles. The molecule has 0 aliphatic rings. The molecule has 0 bridgehead atoms. The van der Waals surface area contributed by atoms with Gasteiger partial charge in [-0.1, -0.05) is 20.8 Å². The first kappa shape index (κ1) is 17.1. The lowest BCUT2D eigenvalue weighted by atomic mass is 10.3. The Morgan fingerprint density at radius 3 is 1.82 bits per heavy atom. The highest BCUT2D eigenvalue weighted by Gasteiger charge is 1.89. The number of rotatable bonds is 2. The van der Waals surface area contributed by atoms with E-state index in [0.717, 1.165) is 6.42 Å². The largest absolute Gasteiger partial charge is 0.359 e. The lowest BCUT2D eigenvalue weighted by Gasteiger charge is -1.91. The van der Waals surface area contributed by atoms with Gasteiger partial charge in [0, 0.05) is 13.5 Å². The molecular weight excluding hydrogens is 158 g/mol. The molecule has 0 aliphatic heterocycles.